The van der Waals surface area contributed by atoms with Crippen LogP contribution in [0.4, 0.5) is 0 Å². The lowest BCUT2D eigenvalue weighted by atomic mass is 9.89. The Balaban J connectivity index is 1.72. The molecule has 1 aliphatic carbocycles. The normalized spacial score (nSPS) is 15.3. The molecule has 3 N–H and O–H groups in total. The van der Waals surface area contributed by atoms with Crippen molar-refractivity contribution < 1.29 is 13.2 Å². The second kappa shape index (κ2) is 6.98. The van der Waals surface area contributed by atoms with E-state index in [2.05, 4.69) is 23.5 Å². The number of primary sulfonamides is 1. The number of amides is 1. The molecular formula is C19H22N2O3S. The quantitative estimate of drug-likeness (QED) is 0.880. The topological polar surface area (TPSA) is 89.3 Å². The Kier molecular flexibility index (Phi) is 4.92. The first-order valence-corrected chi connectivity index (χ1v) is 9.94. The summed E-state index contributed by atoms with van der Waals surface area (Å²) >= 11 is 0. The van der Waals surface area contributed by atoms with Crippen molar-refractivity contribution in [1.29, 1.82) is 0 Å². The van der Waals surface area contributed by atoms with Crippen LogP contribution in [0.25, 0.3) is 0 Å². The minimum absolute atomic E-state index is 0.00761. The molecule has 6 heteroatoms. The van der Waals surface area contributed by atoms with Crippen molar-refractivity contribution in [3.05, 3.63) is 64.7 Å². The van der Waals surface area contributed by atoms with E-state index in [-0.39, 0.29) is 16.8 Å². The fourth-order valence-corrected chi connectivity index (χ4v) is 3.70. The second-order valence-corrected chi connectivity index (χ2v) is 8.06. The highest BCUT2D eigenvalue weighted by Crippen LogP contribution is 2.25. The highest BCUT2D eigenvalue weighted by molar-refractivity contribution is 7.89. The maximum atomic E-state index is 12.4. The number of nitrogens with two attached hydrogens (primary N) is 1. The van der Waals surface area contributed by atoms with Crippen LogP contribution in [-0.4, -0.2) is 14.3 Å². The monoisotopic (exact) mass is 358 g/mol. The van der Waals surface area contributed by atoms with Gasteiger partial charge in [-0.2, -0.15) is 0 Å². The molecule has 0 radical (unpaired) electrons. The zero-order valence-corrected chi connectivity index (χ0v) is 15.0. The smallest absolute Gasteiger partial charge is 0.251 e. The van der Waals surface area contributed by atoms with Gasteiger partial charge < -0.3 is 5.32 Å². The van der Waals surface area contributed by atoms with Gasteiger partial charge in [0.05, 0.1) is 10.9 Å². The molecule has 2 aromatic carbocycles. The number of nitrogens with one attached hydrogen (secondary N) is 1. The number of rotatable bonds is 4. The van der Waals surface area contributed by atoms with E-state index in [1.807, 2.05) is 6.92 Å². The number of hydrogen-bond donors (Lipinski definition) is 2. The van der Waals surface area contributed by atoms with Crippen LogP contribution < -0.4 is 10.5 Å². The van der Waals surface area contributed by atoms with Crippen LogP contribution in [-0.2, 0) is 22.9 Å². The Morgan fingerprint density at radius 2 is 1.68 bits per heavy atom. The average molecular weight is 358 g/mol. The molecule has 0 bridgehead atoms. The summed E-state index contributed by atoms with van der Waals surface area (Å²) in [6.07, 6.45) is 4.69. The highest BCUT2D eigenvalue weighted by Gasteiger charge is 2.15. The summed E-state index contributed by atoms with van der Waals surface area (Å²) in [5.74, 6) is -0.244. The van der Waals surface area contributed by atoms with Crippen molar-refractivity contribution in [2.45, 2.75) is 43.5 Å². The van der Waals surface area contributed by atoms with E-state index >= 15 is 0 Å². The summed E-state index contributed by atoms with van der Waals surface area (Å²) in [6, 6.07) is 11.9. The number of carbonyl (C=O) groups is 1. The summed E-state index contributed by atoms with van der Waals surface area (Å²) < 4.78 is 22.5. The van der Waals surface area contributed by atoms with E-state index in [1.165, 1.54) is 48.2 Å². The Morgan fingerprint density at radius 1 is 1.04 bits per heavy atom. The van der Waals surface area contributed by atoms with Crippen LogP contribution in [0.3, 0.4) is 0 Å². The molecule has 0 unspecified atom stereocenters. The van der Waals surface area contributed by atoms with Crippen molar-refractivity contribution in [3.8, 4) is 0 Å². The van der Waals surface area contributed by atoms with E-state index in [0.29, 0.717) is 5.56 Å². The van der Waals surface area contributed by atoms with Crippen molar-refractivity contribution in [2.24, 2.45) is 5.14 Å². The molecule has 1 aliphatic rings. The molecular weight excluding hydrogens is 336 g/mol. The molecule has 0 saturated heterocycles. The number of aryl methyl sites for hydroxylation is 2. The third kappa shape index (κ3) is 4.08. The van der Waals surface area contributed by atoms with Gasteiger partial charge in [-0.15, -0.1) is 0 Å². The van der Waals surface area contributed by atoms with E-state index in [9.17, 15) is 13.2 Å². The van der Waals surface area contributed by atoms with Crippen molar-refractivity contribution >= 4 is 15.9 Å². The van der Waals surface area contributed by atoms with Gasteiger partial charge in [0.15, 0.2) is 0 Å². The molecule has 3 rings (SSSR count). The first-order valence-electron chi connectivity index (χ1n) is 8.40. The number of hydrogen-bond acceptors (Lipinski definition) is 3. The fourth-order valence-electron chi connectivity index (χ4n) is 3.18. The zero-order valence-electron chi connectivity index (χ0n) is 14.2. The third-order valence-corrected chi connectivity index (χ3v) is 5.59. The minimum Gasteiger partial charge on any atom is -0.346 e. The predicted octanol–water partition coefficient (Wildman–Crippen LogP) is 2.70. The number of fused-ring (bicyclic) bond motifs is 1. The first-order chi connectivity index (χ1) is 11.8. The lowest BCUT2D eigenvalue weighted by Gasteiger charge is -2.20. The van der Waals surface area contributed by atoms with Gasteiger partial charge in [0.25, 0.3) is 5.91 Å². The van der Waals surface area contributed by atoms with Gasteiger partial charge in [0.1, 0.15) is 0 Å². The van der Waals surface area contributed by atoms with Crippen LogP contribution in [0.5, 0.6) is 0 Å². The van der Waals surface area contributed by atoms with E-state index in [4.69, 9.17) is 5.14 Å². The molecule has 0 spiro atoms. The molecule has 132 valence electrons. The van der Waals surface area contributed by atoms with Crippen LogP contribution in [0.1, 0.15) is 52.9 Å². The SMILES string of the molecule is C[C@H](NC(=O)c1ccc(S(N)(=O)=O)cc1)c1ccc2c(c1)CCCC2. The fraction of sp³-hybridized carbons (Fsp3) is 0.316. The minimum atomic E-state index is -3.75. The lowest BCUT2D eigenvalue weighted by Crippen LogP contribution is -2.27. The molecule has 0 saturated carbocycles. The number of carbonyl (C=O) groups excluding carboxylic acids is 1. The van der Waals surface area contributed by atoms with E-state index in [0.717, 1.165) is 18.4 Å². The summed E-state index contributed by atoms with van der Waals surface area (Å²) in [6.45, 7) is 1.95. The summed E-state index contributed by atoms with van der Waals surface area (Å²) in [4.78, 5) is 12.4. The predicted molar refractivity (Wildman–Crippen MR) is 96.8 cm³/mol. The second-order valence-electron chi connectivity index (χ2n) is 6.50. The average Bonchev–Trinajstić information content (AvgIpc) is 2.60. The molecule has 0 aliphatic heterocycles. The lowest BCUT2D eigenvalue weighted by molar-refractivity contribution is 0.0939. The summed E-state index contributed by atoms with van der Waals surface area (Å²) in [7, 11) is -3.75. The Labute approximate surface area is 148 Å². The maximum absolute atomic E-state index is 12.4. The largest absolute Gasteiger partial charge is 0.346 e. The number of benzene rings is 2. The zero-order chi connectivity index (χ0) is 18.0. The van der Waals surface area contributed by atoms with Gasteiger partial charge in [-0.25, -0.2) is 13.6 Å². The molecule has 1 atom stereocenters. The first kappa shape index (κ1) is 17.6. The third-order valence-electron chi connectivity index (χ3n) is 4.67. The van der Waals surface area contributed by atoms with Gasteiger partial charge in [-0.3, -0.25) is 4.79 Å². The van der Waals surface area contributed by atoms with Crippen molar-refractivity contribution in [2.75, 3.05) is 0 Å². The molecule has 0 fully saturated rings. The standard InChI is InChI=1S/C19H22N2O3S/c1-13(16-7-6-14-4-2-3-5-17(14)12-16)21-19(22)15-8-10-18(11-9-15)25(20,23)24/h6-13H,2-5H2,1H3,(H,21,22)(H2,20,23,24)/t13-/m0/s1. The number of sulfonamides is 1. The Hall–Kier alpha value is -2.18. The maximum Gasteiger partial charge on any atom is 0.251 e. The molecule has 25 heavy (non-hydrogen) atoms. The molecule has 1 amide bonds. The van der Waals surface area contributed by atoms with Gasteiger partial charge >= 0.3 is 0 Å². The molecule has 0 heterocycles. The molecule has 0 aromatic heterocycles. The van der Waals surface area contributed by atoms with Gasteiger partial charge in [-0.1, -0.05) is 18.2 Å². The molecule has 2 aromatic rings. The Bertz CT molecular complexity index is 889. The van der Waals surface area contributed by atoms with Crippen LogP contribution in [0.2, 0.25) is 0 Å². The van der Waals surface area contributed by atoms with Crippen LogP contribution >= 0.6 is 0 Å². The van der Waals surface area contributed by atoms with Crippen LogP contribution in [0, 0.1) is 0 Å². The van der Waals surface area contributed by atoms with Crippen LogP contribution in [0.15, 0.2) is 47.4 Å². The summed E-state index contributed by atoms with van der Waals surface area (Å²) in [5.41, 5.74) is 4.27. The van der Waals surface area contributed by atoms with E-state index in [1.54, 1.807) is 0 Å². The van der Waals surface area contributed by atoms with Crippen molar-refractivity contribution in [1.82, 2.24) is 5.32 Å². The van der Waals surface area contributed by atoms with Gasteiger partial charge in [0.2, 0.25) is 10.0 Å². The highest BCUT2D eigenvalue weighted by atomic mass is 32.2. The summed E-state index contributed by atoms with van der Waals surface area (Å²) in [5, 5.41) is 8.02. The molecule has 5 nitrogen and oxygen atoms in total. The van der Waals surface area contributed by atoms with Crippen molar-refractivity contribution in [3.63, 3.8) is 0 Å². The van der Waals surface area contributed by atoms with Gasteiger partial charge in [-0.05, 0) is 73.6 Å². The Morgan fingerprint density at radius 3 is 2.32 bits per heavy atom. The van der Waals surface area contributed by atoms with E-state index < -0.39 is 10.0 Å². The van der Waals surface area contributed by atoms with Gasteiger partial charge in [0, 0.05) is 5.56 Å².